The molecule has 0 unspecified atom stereocenters. The maximum atomic E-state index is 13.1. The molecule has 1 aromatic carbocycles. The number of aryl methyl sites for hydroxylation is 1. The van der Waals surface area contributed by atoms with Crippen molar-refractivity contribution in [3.63, 3.8) is 0 Å². The van der Waals surface area contributed by atoms with Gasteiger partial charge in [0.15, 0.2) is 0 Å². The van der Waals surface area contributed by atoms with Crippen LogP contribution in [0.5, 0.6) is 0 Å². The van der Waals surface area contributed by atoms with Crippen molar-refractivity contribution >= 4 is 21.6 Å². The molecule has 0 aliphatic rings. The van der Waals surface area contributed by atoms with Crippen LogP contribution < -0.4 is 5.73 Å². The van der Waals surface area contributed by atoms with E-state index in [1.807, 2.05) is 18.5 Å². The SMILES string of the molecule is Cc1nn(Cc2cc(F)ccc2N)c(C)c1Br. The van der Waals surface area contributed by atoms with Gasteiger partial charge in [0.05, 0.1) is 22.4 Å². The maximum Gasteiger partial charge on any atom is 0.123 e. The fourth-order valence-corrected chi connectivity index (χ4v) is 1.99. The van der Waals surface area contributed by atoms with Gasteiger partial charge < -0.3 is 5.73 Å². The summed E-state index contributed by atoms with van der Waals surface area (Å²) >= 11 is 3.46. The van der Waals surface area contributed by atoms with Gasteiger partial charge in [-0.05, 0) is 53.5 Å². The Hall–Kier alpha value is -1.36. The number of benzene rings is 1. The normalized spacial score (nSPS) is 10.8. The molecule has 0 spiro atoms. The second kappa shape index (κ2) is 4.49. The van der Waals surface area contributed by atoms with Crippen molar-refractivity contribution in [3.8, 4) is 0 Å². The summed E-state index contributed by atoms with van der Waals surface area (Å²) < 4.78 is 15.9. The molecule has 1 heterocycles. The van der Waals surface area contributed by atoms with Gasteiger partial charge in [-0.25, -0.2) is 4.39 Å². The molecule has 0 bridgehead atoms. The van der Waals surface area contributed by atoms with Gasteiger partial charge in [0.1, 0.15) is 5.82 Å². The zero-order chi connectivity index (χ0) is 12.6. The van der Waals surface area contributed by atoms with Crippen molar-refractivity contribution in [1.29, 1.82) is 0 Å². The minimum absolute atomic E-state index is 0.283. The molecule has 2 N–H and O–H groups in total. The number of hydrogen-bond acceptors (Lipinski definition) is 2. The monoisotopic (exact) mass is 297 g/mol. The van der Waals surface area contributed by atoms with E-state index < -0.39 is 0 Å². The summed E-state index contributed by atoms with van der Waals surface area (Å²) in [6.07, 6.45) is 0. The highest BCUT2D eigenvalue weighted by atomic mass is 79.9. The van der Waals surface area contributed by atoms with Gasteiger partial charge in [0, 0.05) is 5.69 Å². The maximum absolute atomic E-state index is 13.1. The third kappa shape index (κ3) is 2.34. The predicted molar refractivity (Wildman–Crippen MR) is 69.3 cm³/mol. The molecular weight excluding hydrogens is 285 g/mol. The quantitative estimate of drug-likeness (QED) is 0.866. The highest BCUT2D eigenvalue weighted by Gasteiger charge is 2.10. The number of anilines is 1. The van der Waals surface area contributed by atoms with Crippen LogP contribution in [0.25, 0.3) is 0 Å². The van der Waals surface area contributed by atoms with E-state index in [0.717, 1.165) is 21.4 Å². The molecule has 1 aromatic heterocycles. The summed E-state index contributed by atoms with van der Waals surface area (Å²) in [4.78, 5) is 0. The van der Waals surface area contributed by atoms with Gasteiger partial charge in [0.25, 0.3) is 0 Å². The fourth-order valence-electron chi connectivity index (χ4n) is 1.70. The standard InChI is InChI=1S/C12H13BrFN3/c1-7-12(13)8(2)17(16-7)6-9-5-10(14)3-4-11(9)15/h3-5H,6,15H2,1-2H3. The van der Waals surface area contributed by atoms with Crippen LogP contribution in [0.3, 0.4) is 0 Å². The highest BCUT2D eigenvalue weighted by Crippen LogP contribution is 2.22. The van der Waals surface area contributed by atoms with Crippen molar-refractivity contribution in [2.75, 3.05) is 5.73 Å². The Kier molecular flexibility index (Phi) is 3.19. The first-order valence-electron chi connectivity index (χ1n) is 5.22. The van der Waals surface area contributed by atoms with Crippen LogP contribution in [0, 0.1) is 19.7 Å². The summed E-state index contributed by atoms with van der Waals surface area (Å²) in [6.45, 7) is 4.35. The van der Waals surface area contributed by atoms with E-state index in [9.17, 15) is 4.39 Å². The molecule has 0 fully saturated rings. The smallest absolute Gasteiger partial charge is 0.123 e. The molecule has 0 amide bonds. The van der Waals surface area contributed by atoms with Crippen LogP contribution in [-0.4, -0.2) is 9.78 Å². The molecule has 0 saturated heterocycles. The molecule has 0 aliphatic carbocycles. The van der Waals surface area contributed by atoms with Gasteiger partial charge in [-0.2, -0.15) is 5.10 Å². The summed E-state index contributed by atoms with van der Waals surface area (Å²) in [5.41, 5.74) is 9.05. The Bertz CT molecular complexity index is 563. The van der Waals surface area contributed by atoms with E-state index in [2.05, 4.69) is 21.0 Å². The highest BCUT2D eigenvalue weighted by molar-refractivity contribution is 9.10. The van der Waals surface area contributed by atoms with Gasteiger partial charge in [-0.3, -0.25) is 4.68 Å². The third-order valence-corrected chi connectivity index (χ3v) is 3.87. The lowest BCUT2D eigenvalue weighted by Gasteiger charge is -2.07. The number of nitrogens with zero attached hydrogens (tertiary/aromatic N) is 2. The minimum Gasteiger partial charge on any atom is -0.398 e. The van der Waals surface area contributed by atoms with Gasteiger partial charge in [-0.15, -0.1) is 0 Å². The second-order valence-corrected chi connectivity index (χ2v) is 4.78. The Morgan fingerprint density at radius 1 is 1.41 bits per heavy atom. The van der Waals surface area contributed by atoms with E-state index >= 15 is 0 Å². The molecule has 2 aromatic rings. The Balaban J connectivity index is 2.37. The first-order valence-corrected chi connectivity index (χ1v) is 6.01. The number of nitrogen functional groups attached to an aromatic ring is 1. The van der Waals surface area contributed by atoms with E-state index in [1.165, 1.54) is 12.1 Å². The van der Waals surface area contributed by atoms with Crippen LogP contribution in [0.15, 0.2) is 22.7 Å². The molecule has 0 atom stereocenters. The van der Waals surface area contributed by atoms with Crippen LogP contribution in [0.4, 0.5) is 10.1 Å². The average Bonchev–Trinajstić information content (AvgIpc) is 2.52. The van der Waals surface area contributed by atoms with Crippen LogP contribution in [0.1, 0.15) is 17.0 Å². The molecule has 17 heavy (non-hydrogen) atoms. The number of rotatable bonds is 2. The fraction of sp³-hybridized carbons (Fsp3) is 0.250. The zero-order valence-electron chi connectivity index (χ0n) is 9.67. The number of halogens is 2. The van der Waals surface area contributed by atoms with Crippen molar-refractivity contribution in [1.82, 2.24) is 9.78 Å². The largest absolute Gasteiger partial charge is 0.398 e. The Morgan fingerprint density at radius 2 is 2.12 bits per heavy atom. The van der Waals surface area contributed by atoms with Crippen molar-refractivity contribution in [2.24, 2.45) is 0 Å². The topological polar surface area (TPSA) is 43.8 Å². The van der Waals surface area contributed by atoms with E-state index in [-0.39, 0.29) is 5.82 Å². The van der Waals surface area contributed by atoms with E-state index in [0.29, 0.717) is 12.2 Å². The average molecular weight is 298 g/mol. The minimum atomic E-state index is -0.283. The summed E-state index contributed by atoms with van der Waals surface area (Å²) in [6, 6.07) is 4.38. The predicted octanol–water partition coefficient (Wildman–Crippen LogP) is 3.03. The molecule has 0 radical (unpaired) electrons. The molecule has 3 nitrogen and oxygen atoms in total. The third-order valence-electron chi connectivity index (χ3n) is 2.72. The molecule has 0 aliphatic heterocycles. The molecule has 90 valence electrons. The summed E-state index contributed by atoms with van der Waals surface area (Å²) in [5.74, 6) is -0.283. The first-order chi connectivity index (χ1) is 7.99. The summed E-state index contributed by atoms with van der Waals surface area (Å²) in [5, 5.41) is 4.37. The van der Waals surface area contributed by atoms with E-state index in [4.69, 9.17) is 5.73 Å². The molecular formula is C12H13BrFN3. The number of hydrogen-bond donors (Lipinski definition) is 1. The van der Waals surface area contributed by atoms with Crippen LogP contribution >= 0.6 is 15.9 Å². The Morgan fingerprint density at radius 3 is 2.71 bits per heavy atom. The van der Waals surface area contributed by atoms with Crippen LogP contribution in [0.2, 0.25) is 0 Å². The molecule has 0 saturated carbocycles. The number of nitrogens with two attached hydrogens (primary N) is 1. The first kappa shape index (κ1) is 12.1. The zero-order valence-corrected chi connectivity index (χ0v) is 11.3. The second-order valence-electron chi connectivity index (χ2n) is 3.99. The van der Waals surface area contributed by atoms with Gasteiger partial charge in [-0.1, -0.05) is 0 Å². The molecule has 5 heteroatoms. The lowest BCUT2D eigenvalue weighted by molar-refractivity contribution is 0.616. The lowest BCUT2D eigenvalue weighted by Crippen LogP contribution is -2.06. The van der Waals surface area contributed by atoms with Crippen molar-refractivity contribution in [3.05, 3.63) is 45.4 Å². The van der Waals surface area contributed by atoms with Crippen molar-refractivity contribution in [2.45, 2.75) is 20.4 Å². The lowest BCUT2D eigenvalue weighted by atomic mass is 10.2. The van der Waals surface area contributed by atoms with Crippen LogP contribution in [-0.2, 0) is 6.54 Å². The van der Waals surface area contributed by atoms with Gasteiger partial charge >= 0.3 is 0 Å². The van der Waals surface area contributed by atoms with Crippen molar-refractivity contribution < 1.29 is 4.39 Å². The van der Waals surface area contributed by atoms with E-state index in [1.54, 1.807) is 6.07 Å². The summed E-state index contributed by atoms with van der Waals surface area (Å²) in [7, 11) is 0. The number of aromatic nitrogens is 2. The van der Waals surface area contributed by atoms with Gasteiger partial charge in [0.2, 0.25) is 0 Å². The Labute approximate surface area is 108 Å². The molecule has 2 rings (SSSR count).